The Balaban J connectivity index is 1.29. The molecule has 26 nitrogen and oxygen atoms in total. The van der Waals surface area contributed by atoms with Crippen molar-refractivity contribution >= 4 is 41.7 Å². The summed E-state index contributed by atoms with van der Waals surface area (Å²) in [4.78, 5) is 59.1. The normalized spacial score (nSPS) is 27.9. The van der Waals surface area contributed by atoms with Gasteiger partial charge in [0.05, 0.1) is 0 Å². The first-order valence-electron chi connectivity index (χ1n) is 19.8. The van der Waals surface area contributed by atoms with E-state index >= 15 is 0 Å². The van der Waals surface area contributed by atoms with Crippen LogP contribution in [0.5, 0.6) is 28.7 Å². The molecule has 0 amide bonds. The van der Waals surface area contributed by atoms with Gasteiger partial charge in [0, 0.05) is 29.4 Å². The summed E-state index contributed by atoms with van der Waals surface area (Å²) in [6, 6.07) is 5.47. The minimum absolute atomic E-state index is 0.149. The van der Waals surface area contributed by atoms with Crippen molar-refractivity contribution in [3.63, 3.8) is 0 Å². The summed E-state index contributed by atoms with van der Waals surface area (Å²) in [5.74, 6) is -12.5. The molecule has 3 heterocycles. The number of benzene rings is 2. The zero-order chi connectivity index (χ0) is 49.7. The molecule has 0 aromatic heterocycles. The molecule has 6 rings (SSSR count). The Morgan fingerprint density at radius 1 is 0.647 bits per heavy atom. The molecule has 2 fully saturated rings. The molecule has 2 aromatic carbocycles. The zero-order valence-electron chi connectivity index (χ0n) is 34.6. The van der Waals surface area contributed by atoms with Gasteiger partial charge in [-0.15, -0.1) is 0 Å². The van der Waals surface area contributed by atoms with Crippen LogP contribution in [-0.2, 0) is 61.9 Å². The van der Waals surface area contributed by atoms with Crippen LogP contribution in [0.2, 0.25) is 0 Å². The van der Waals surface area contributed by atoms with E-state index < -0.39 is 175 Å². The fourth-order valence-electron chi connectivity index (χ4n) is 6.80. The van der Waals surface area contributed by atoms with Crippen molar-refractivity contribution in [2.24, 2.45) is 0 Å². The van der Waals surface area contributed by atoms with Crippen molar-refractivity contribution in [1.29, 1.82) is 0 Å². The highest BCUT2D eigenvalue weighted by Gasteiger charge is 2.50. The largest absolute Gasteiger partial charge is 0.508 e. The Hall–Kier alpha value is -7.59. The van der Waals surface area contributed by atoms with Crippen LogP contribution in [0.1, 0.15) is 24.0 Å². The summed E-state index contributed by atoms with van der Waals surface area (Å²) in [6.45, 7) is -1.72. The topological polar surface area (TPSA) is 422 Å². The van der Waals surface area contributed by atoms with Crippen LogP contribution < -0.4 is 0 Å². The molecule has 366 valence electrons. The number of aliphatic hydroxyl groups excluding tert-OH is 6. The third-order valence-corrected chi connectivity index (χ3v) is 10.1. The molecular weight excluding hydrogens is 920 g/mol. The van der Waals surface area contributed by atoms with Crippen LogP contribution in [0.3, 0.4) is 0 Å². The van der Waals surface area contributed by atoms with Gasteiger partial charge in [0.25, 0.3) is 0 Å². The van der Waals surface area contributed by atoms with Crippen molar-refractivity contribution in [3.8, 4) is 28.7 Å². The number of carbonyl (C=O) groups excluding carboxylic acids is 3. The summed E-state index contributed by atoms with van der Waals surface area (Å²) in [6.07, 6.45) is -18.3. The summed E-state index contributed by atoms with van der Waals surface area (Å²) in [7, 11) is 0. The van der Waals surface area contributed by atoms with Crippen LogP contribution in [-0.4, -0.2) is 177 Å². The van der Waals surface area contributed by atoms with Crippen molar-refractivity contribution < 1.29 is 128 Å². The predicted octanol–water partition coefficient (Wildman–Crippen LogP) is -1.50. The molecule has 2 saturated heterocycles. The Morgan fingerprint density at radius 2 is 1.26 bits per heavy atom. The zero-order valence-corrected chi connectivity index (χ0v) is 34.6. The van der Waals surface area contributed by atoms with Crippen molar-refractivity contribution in [1.82, 2.24) is 0 Å². The van der Waals surface area contributed by atoms with E-state index in [2.05, 4.69) is 0 Å². The number of aromatic hydroxyl groups is 5. The van der Waals surface area contributed by atoms with Crippen molar-refractivity contribution in [2.75, 3.05) is 13.2 Å². The monoisotopic (exact) mass is 962 g/mol. The highest BCUT2D eigenvalue weighted by molar-refractivity contribution is 5.91. The number of hydrogen-bond donors (Lipinski definition) is 13. The molecule has 13 N–H and O–H groups in total. The lowest BCUT2D eigenvalue weighted by atomic mass is 9.95. The number of fused-ring (bicyclic) bond motifs is 1. The number of allylic oxidation sites excluding steroid dienone is 2. The molecule has 11 unspecified atom stereocenters. The van der Waals surface area contributed by atoms with Gasteiger partial charge in [-0.25, -0.2) is 4.79 Å². The highest BCUT2D eigenvalue weighted by Crippen LogP contribution is 2.44. The minimum Gasteiger partial charge on any atom is -0.508 e. The summed E-state index contributed by atoms with van der Waals surface area (Å²) >= 11 is 0. The van der Waals surface area contributed by atoms with E-state index in [4.69, 9.17) is 48.1 Å². The quantitative estimate of drug-likeness (QED) is 0.0299. The van der Waals surface area contributed by atoms with E-state index in [9.17, 15) is 80.1 Å². The first-order valence-corrected chi connectivity index (χ1v) is 19.8. The van der Waals surface area contributed by atoms with E-state index in [1.165, 1.54) is 12.1 Å². The van der Waals surface area contributed by atoms with Crippen LogP contribution >= 0.6 is 0 Å². The number of rotatable bonds is 16. The number of esters is 3. The number of aliphatic hydroxyl groups is 6. The second-order valence-corrected chi connectivity index (χ2v) is 15.1. The molecule has 68 heavy (non-hydrogen) atoms. The lowest BCUT2D eigenvalue weighted by Crippen LogP contribution is -2.60. The van der Waals surface area contributed by atoms with Crippen LogP contribution in [0.15, 0.2) is 77.5 Å². The molecule has 0 spiro atoms. The van der Waals surface area contributed by atoms with Gasteiger partial charge >= 0.3 is 29.8 Å². The van der Waals surface area contributed by atoms with E-state index in [1.54, 1.807) is 0 Å². The van der Waals surface area contributed by atoms with Gasteiger partial charge in [-0.05, 0) is 42.0 Å². The van der Waals surface area contributed by atoms with Crippen LogP contribution in [0.4, 0.5) is 0 Å². The summed E-state index contributed by atoms with van der Waals surface area (Å²) < 4.78 is 44.4. The predicted molar refractivity (Wildman–Crippen MR) is 215 cm³/mol. The fourth-order valence-corrected chi connectivity index (χ4v) is 6.80. The Bertz CT molecular complexity index is 2430. The molecule has 0 radical (unpaired) electrons. The molecule has 1 aliphatic carbocycles. The SMILES string of the molecule is O=C(O)CC(=O)OCC1OC(OC2=CC(O)=CC3OC(c4cc(O)c(O)c(O)c4)=C(OC4OC(COC(=O)C=Cc5ccc(O)c(O)c5)C(O)C(O)C4O)C=C23)C(O)C(O)C1OC(=O)CC(=O)O. The minimum atomic E-state index is -2.19. The maximum absolute atomic E-state index is 12.6. The summed E-state index contributed by atoms with van der Waals surface area (Å²) in [5, 5.41) is 134. The average molecular weight is 963 g/mol. The maximum atomic E-state index is 12.6. The van der Waals surface area contributed by atoms with Crippen LogP contribution in [0.25, 0.3) is 11.8 Å². The average Bonchev–Trinajstić information content (AvgIpc) is 3.26. The first kappa shape index (κ1) is 49.8. The van der Waals surface area contributed by atoms with Crippen molar-refractivity contribution in [3.05, 3.63) is 88.6 Å². The number of hydrogen-bond acceptors (Lipinski definition) is 24. The van der Waals surface area contributed by atoms with Gasteiger partial charge in [-0.2, -0.15) is 0 Å². The molecule has 11 atom stereocenters. The summed E-state index contributed by atoms with van der Waals surface area (Å²) in [5.41, 5.74) is -0.109. The highest BCUT2D eigenvalue weighted by atomic mass is 16.7. The third-order valence-electron chi connectivity index (χ3n) is 10.1. The number of carbonyl (C=O) groups is 5. The molecule has 0 saturated carbocycles. The third kappa shape index (κ3) is 11.7. The second-order valence-electron chi connectivity index (χ2n) is 15.1. The number of phenols is 5. The second kappa shape index (κ2) is 20.9. The van der Waals surface area contributed by atoms with E-state index in [-0.39, 0.29) is 16.7 Å². The Kier molecular flexibility index (Phi) is 15.3. The maximum Gasteiger partial charge on any atom is 0.330 e. The van der Waals surface area contributed by atoms with Gasteiger partial charge in [0.2, 0.25) is 12.6 Å². The number of aliphatic carboxylic acids is 2. The smallest absolute Gasteiger partial charge is 0.330 e. The number of carboxylic acids is 2. The van der Waals surface area contributed by atoms with E-state index in [0.717, 1.165) is 48.6 Å². The van der Waals surface area contributed by atoms with Gasteiger partial charge < -0.3 is 104 Å². The molecule has 4 aliphatic rings. The Morgan fingerprint density at radius 3 is 1.93 bits per heavy atom. The molecule has 26 heteroatoms. The lowest BCUT2D eigenvalue weighted by Gasteiger charge is -2.42. The molecule has 3 aliphatic heterocycles. The van der Waals surface area contributed by atoms with E-state index in [0.29, 0.717) is 0 Å². The number of ether oxygens (including phenoxy) is 8. The number of phenolic OH excluding ortho intramolecular Hbond substituents is 5. The number of carboxylic acid groups (broad SMARTS) is 2. The molecule has 2 aromatic rings. The lowest BCUT2D eigenvalue weighted by molar-refractivity contribution is -0.294. The van der Waals surface area contributed by atoms with Crippen molar-refractivity contribution in [2.45, 2.75) is 80.4 Å². The van der Waals surface area contributed by atoms with Gasteiger partial charge in [0.15, 0.2) is 46.4 Å². The van der Waals surface area contributed by atoms with Crippen LogP contribution in [0, 0.1) is 0 Å². The standard InChI is InChI=1S/C42H42O26/c43-17-8-23-18(24(9-17)64-42-38(60)36(58)40(68-32(54)12-29(50)51)27(67-42)14-62-31(53)11-28(48)49)10-25(39(63-23)16-6-21(46)33(55)22(47)7-16)65-41-37(59)35(57)34(56)26(66-41)13-61-30(52)4-2-15-1-3-19(44)20(45)5-15/h1-10,23,26-27,34-38,40-47,55-60H,11-14H2,(H,48,49)(H,50,51). The molecule has 0 bridgehead atoms. The first-order chi connectivity index (χ1) is 32.1. The van der Waals surface area contributed by atoms with E-state index in [1.807, 2.05) is 0 Å². The molecular formula is C42H42O26. The van der Waals surface area contributed by atoms with Gasteiger partial charge in [-0.3, -0.25) is 19.2 Å². The van der Waals surface area contributed by atoms with Gasteiger partial charge in [-0.1, -0.05) is 6.07 Å². The fraction of sp³-hybridized carbons (Fsp3) is 0.357. The van der Waals surface area contributed by atoms with Gasteiger partial charge in [0.1, 0.15) is 86.4 Å². The Labute approximate surface area is 380 Å².